The highest BCUT2D eigenvalue weighted by Gasteiger charge is 1.90. The van der Waals surface area contributed by atoms with Gasteiger partial charge >= 0.3 is 0 Å². The summed E-state index contributed by atoms with van der Waals surface area (Å²) in [6.07, 6.45) is 0. The van der Waals surface area contributed by atoms with Gasteiger partial charge in [-0.1, -0.05) is 11.8 Å². The van der Waals surface area contributed by atoms with Gasteiger partial charge in [-0.15, -0.1) is 0 Å². The molecule has 0 unspecified atom stereocenters. The van der Waals surface area contributed by atoms with Crippen LogP contribution in [0.4, 0.5) is 4.39 Å². The minimum Gasteiger partial charge on any atom is -0.508 e. The molecule has 1 N–H and O–H groups in total. The number of phenols is 1. The lowest BCUT2D eigenvalue weighted by Crippen LogP contribution is -1.77. The maximum atomic E-state index is 12.6. The SMILES string of the molecule is Oc1ccc(C#Cc2ccc(F)cc2)cc1. The van der Waals surface area contributed by atoms with Crippen LogP contribution in [-0.4, -0.2) is 5.11 Å². The van der Waals surface area contributed by atoms with Crippen molar-refractivity contribution in [1.29, 1.82) is 0 Å². The molecule has 0 bridgehead atoms. The summed E-state index contributed by atoms with van der Waals surface area (Å²) in [5.74, 6) is 5.78. The summed E-state index contributed by atoms with van der Waals surface area (Å²) in [5, 5.41) is 9.08. The van der Waals surface area contributed by atoms with Crippen LogP contribution >= 0.6 is 0 Å². The van der Waals surface area contributed by atoms with E-state index in [-0.39, 0.29) is 11.6 Å². The lowest BCUT2D eigenvalue weighted by molar-refractivity contribution is 0.475. The van der Waals surface area contributed by atoms with E-state index in [4.69, 9.17) is 5.11 Å². The number of phenolic OH excluding ortho intramolecular Hbond substituents is 1. The summed E-state index contributed by atoms with van der Waals surface area (Å²) in [4.78, 5) is 0. The highest BCUT2D eigenvalue weighted by molar-refractivity contribution is 5.43. The first-order valence-electron chi connectivity index (χ1n) is 4.81. The normalized spacial score (nSPS) is 9.31. The third kappa shape index (κ3) is 2.61. The van der Waals surface area contributed by atoms with Crippen molar-refractivity contribution >= 4 is 0 Å². The van der Waals surface area contributed by atoms with Crippen LogP contribution in [0.1, 0.15) is 11.1 Å². The number of hydrogen-bond acceptors (Lipinski definition) is 1. The Kier molecular flexibility index (Phi) is 2.88. The molecule has 0 amide bonds. The van der Waals surface area contributed by atoms with Gasteiger partial charge in [0.1, 0.15) is 11.6 Å². The summed E-state index contributed by atoms with van der Waals surface area (Å²) in [6.45, 7) is 0. The Morgan fingerprint density at radius 1 is 0.750 bits per heavy atom. The van der Waals surface area contributed by atoms with Crippen molar-refractivity contribution in [2.45, 2.75) is 0 Å². The predicted molar refractivity (Wildman–Crippen MR) is 60.5 cm³/mol. The van der Waals surface area contributed by atoms with E-state index < -0.39 is 0 Å². The molecule has 0 aliphatic heterocycles. The molecule has 0 aliphatic carbocycles. The van der Waals surface area contributed by atoms with E-state index in [2.05, 4.69) is 11.8 Å². The van der Waals surface area contributed by atoms with Gasteiger partial charge in [-0.3, -0.25) is 0 Å². The van der Waals surface area contributed by atoms with Crippen molar-refractivity contribution in [3.8, 4) is 17.6 Å². The highest BCUT2D eigenvalue weighted by Crippen LogP contribution is 2.08. The number of rotatable bonds is 0. The summed E-state index contributed by atoms with van der Waals surface area (Å²) in [7, 11) is 0. The second-order valence-corrected chi connectivity index (χ2v) is 3.30. The van der Waals surface area contributed by atoms with Gasteiger partial charge < -0.3 is 5.11 Å². The summed E-state index contributed by atoms with van der Waals surface area (Å²) < 4.78 is 12.6. The first-order valence-corrected chi connectivity index (χ1v) is 4.81. The van der Waals surface area contributed by atoms with Crippen molar-refractivity contribution in [1.82, 2.24) is 0 Å². The molecule has 0 saturated carbocycles. The monoisotopic (exact) mass is 212 g/mol. The molecule has 0 fully saturated rings. The molecule has 2 rings (SSSR count). The van der Waals surface area contributed by atoms with Crippen LogP contribution in [0.3, 0.4) is 0 Å². The van der Waals surface area contributed by atoms with E-state index in [0.717, 1.165) is 11.1 Å². The molecule has 0 saturated heterocycles. The number of aromatic hydroxyl groups is 1. The van der Waals surface area contributed by atoms with Gasteiger partial charge in [0, 0.05) is 11.1 Å². The Morgan fingerprint density at radius 3 is 1.69 bits per heavy atom. The van der Waals surface area contributed by atoms with Gasteiger partial charge in [0.15, 0.2) is 0 Å². The van der Waals surface area contributed by atoms with Gasteiger partial charge in [0.25, 0.3) is 0 Å². The van der Waals surface area contributed by atoms with Crippen LogP contribution in [0.5, 0.6) is 5.75 Å². The summed E-state index contributed by atoms with van der Waals surface area (Å²) in [5.41, 5.74) is 1.57. The maximum Gasteiger partial charge on any atom is 0.123 e. The lowest BCUT2D eigenvalue weighted by atomic mass is 10.2. The van der Waals surface area contributed by atoms with Crippen molar-refractivity contribution < 1.29 is 9.50 Å². The molecule has 0 radical (unpaired) electrons. The van der Waals surface area contributed by atoms with Crippen LogP contribution in [-0.2, 0) is 0 Å². The Labute approximate surface area is 93.2 Å². The molecule has 1 nitrogen and oxygen atoms in total. The summed E-state index contributed by atoms with van der Waals surface area (Å²) in [6, 6.07) is 12.6. The third-order valence-corrected chi connectivity index (χ3v) is 2.06. The molecule has 2 aromatic carbocycles. The third-order valence-electron chi connectivity index (χ3n) is 2.06. The lowest BCUT2D eigenvalue weighted by Gasteiger charge is -1.91. The molecule has 0 aromatic heterocycles. The van der Waals surface area contributed by atoms with Gasteiger partial charge in [-0.05, 0) is 48.5 Å². The zero-order chi connectivity index (χ0) is 11.4. The van der Waals surface area contributed by atoms with E-state index in [1.807, 2.05) is 0 Å². The molecular weight excluding hydrogens is 203 g/mol. The maximum absolute atomic E-state index is 12.6. The zero-order valence-corrected chi connectivity index (χ0v) is 8.44. The van der Waals surface area contributed by atoms with Crippen LogP contribution in [0.15, 0.2) is 48.5 Å². The molecule has 2 heteroatoms. The Hall–Kier alpha value is -2.27. The Bertz CT molecular complexity index is 480. The average Bonchev–Trinajstić information content (AvgIpc) is 2.30. The van der Waals surface area contributed by atoms with E-state index in [1.54, 1.807) is 36.4 Å². The van der Waals surface area contributed by atoms with Crippen molar-refractivity contribution in [3.63, 3.8) is 0 Å². The largest absolute Gasteiger partial charge is 0.508 e. The van der Waals surface area contributed by atoms with Gasteiger partial charge in [0.2, 0.25) is 0 Å². The molecule has 2 aromatic rings. The second kappa shape index (κ2) is 4.50. The first kappa shape index (κ1) is 10.3. The Balaban J connectivity index is 2.21. The number of benzene rings is 2. The topological polar surface area (TPSA) is 20.2 Å². The number of halogens is 1. The quantitative estimate of drug-likeness (QED) is 0.666. The van der Waals surface area contributed by atoms with Crippen LogP contribution < -0.4 is 0 Å². The fourth-order valence-electron chi connectivity index (χ4n) is 1.22. The van der Waals surface area contributed by atoms with Crippen LogP contribution in [0.2, 0.25) is 0 Å². The van der Waals surface area contributed by atoms with Gasteiger partial charge in [0.05, 0.1) is 0 Å². The second-order valence-electron chi connectivity index (χ2n) is 3.30. The fourth-order valence-corrected chi connectivity index (χ4v) is 1.22. The van der Waals surface area contributed by atoms with Crippen molar-refractivity contribution in [2.75, 3.05) is 0 Å². The molecule has 78 valence electrons. The number of hydrogen-bond donors (Lipinski definition) is 1. The van der Waals surface area contributed by atoms with Crippen molar-refractivity contribution in [3.05, 3.63) is 65.5 Å². The van der Waals surface area contributed by atoms with Crippen LogP contribution in [0.25, 0.3) is 0 Å². The van der Waals surface area contributed by atoms with E-state index >= 15 is 0 Å². The molecular formula is C14H9FO. The van der Waals surface area contributed by atoms with E-state index in [0.29, 0.717) is 0 Å². The van der Waals surface area contributed by atoms with Gasteiger partial charge in [-0.25, -0.2) is 4.39 Å². The summed E-state index contributed by atoms with van der Waals surface area (Å²) >= 11 is 0. The van der Waals surface area contributed by atoms with Crippen molar-refractivity contribution in [2.24, 2.45) is 0 Å². The Morgan fingerprint density at radius 2 is 1.19 bits per heavy atom. The molecule has 16 heavy (non-hydrogen) atoms. The molecule has 0 atom stereocenters. The van der Waals surface area contributed by atoms with E-state index in [9.17, 15) is 4.39 Å². The van der Waals surface area contributed by atoms with Crippen LogP contribution in [0, 0.1) is 17.7 Å². The predicted octanol–water partition coefficient (Wildman–Crippen LogP) is 2.93. The zero-order valence-electron chi connectivity index (χ0n) is 8.44. The van der Waals surface area contributed by atoms with Gasteiger partial charge in [-0.2, -0.15) is 0 Å². The molecule has 0 heterocycles. The fraction of sp³-hybridized carbons (Fsp3) is 0. The standard InChI is InChI=1S/C14H9FO/c15-13-7-3-11(4-8-13)1-2-12-5-9-14(16)10-6-12/h3-10,16H. The average molecular weight is 212 g/mol. The smallest absolute Gasteiger partial charge is 0.123 e. The highest BCUT2D eigenvalue weighted by atomic mass is 19.1. The minimum absolute atomic E-state index is 0.215. The minimum atomic E-state index is -0.268. The van der Waals surface area contributed by atoms with E-state index in [1.165, 1.54) is 12.1 Å². The molecule has 0 aliphatic rings. The first-order chi connectivity index (χ1) is 7.74. The molecule has 0 spiro atoms.